The third-order valence-corrected chi connectivity index (χ3v) is 2.62. The van der Waals surface area contributed by atoms with Crippen molar-refractivity contribution in [1.82, 2.24) is 10.2 Å². The molecule has 68 valence electrons. The van der Waals surface area contributed by atoms with E-state index in [1.165, 1.54) is 11.1 Å². The number of aromatic nitrogens is 2. The van der Waals surface area contributed by atoms with E-state index in [0.29, 0.717) is 5.92 Å². The van der Waals surface area contributed by atoms with E-state index in [1.807, 2.05) is 12.1 Å². The van der Waals surface area contributed by atoms with Gasteiger partial charge in [-0.25, -0.2) is 0 Å². The number of halogens is 1. The molecule has 1 aromatic carbocycles. The van der Waals surface area contributed by atoms with Gasteiger partial charge in [-0.05, 0) is 24.1 Å². The number of fused-ring (bicyclic) bond motifs is 1. The van der Waals surface area contributed by atoms with Crippen LogP contribution in [0.25, 0.3) is 10.9 Å². The van der Waals surface area contributed by atoms with Crippen molar-refractivity contribution in [2.75, 3.05) is 0 Å². The molecule has 0 unspecified atom stereocenters. The number of benzene rings is 1. The van der Waals surface area contributed by atoms with Crippen molar-refractivity contribution in [2.45, 2.75) is 19.8 Å². The van der Waals surface area contributed by atoms with E-state index in [9.17, 15) is 0 Å². The lowest BCUT2D eigenvalue weighted by Crippen LogP contribution is -1.87. The normalized spacial score (nSPS) is 11.4. The molecule has 1 heterocycles. The summed E-state index contributed by atoms with van der Waals surface area (Å²) in [4.78, 5) is 0. The molecule has 1 N–H and O–H groups in total. The molecule has 0 amide bonds. The Morgan fingerprint density at radius 3 is 2.85 bits per heavy atom. The zero-order chi connectivity index (χ0) is 9.42. The van der Waals surface area contributed by atoms with Crippen molar-refractivity contribution in [2.24, 2.45) is 0 Å². The van der Waals surface area contributed by atoms with Crippen LogP contribution in [-0.4, -0.2) is 10.2 Å². The summed E-state index contributed by atoms with van der Waals surface area (Å²) in [6.45, 7) is 4.32. The van der Waals surface area contributed by atoms with Crippen LogP contribution in [0.4, 0.5) is 0 Å². The molecule has 0 atom stereocenters. The number of hydrogen-bond acceptors (Lipinski definition) is 1. The van der Waals surface area contributed by atoms with E-state index in [2.05, 4.69) is 46.0 Å². The van der Waals surface area contributed by atoms with Gasteiger partial charge in [0.15, 0.2) is 0 Å². The van der Waals surface area contributed by atoms with Crippen molar-refractivity contribution in [3.63, 3.8) is 0 Å². The first kappa shape index (κ1) is 8.75. The summed E-state index contributed by atoms with van der Waals surface area (Å²) in [5, 5.41) is 8.52. The predicted octanol–water partition coefficient (Wildman–Crippen LogP) is 3.45. The van der Waals surface area contributed by atoms with Crippen LogP contribution in [0.15, 0.2) is 22.7 Å². The van der Waals surface area contributed by atoms with Gasteiger partial charge in [0, 0.05) is 15.6 Å². The quantitative estimate of drug-likeness (QED) is 0.811. The first-order valence-electron chi connectivity index (χ1n) is 4.32. The third kappa shape index (κ3) is 1.48. The Morgan fingerprint density at radius 2 is 2.15 bits per heavy atom. The van der Waals surface area contributed by atoms with Crippen LogP contribution in [0.5, 0.6) is 0 Å². The number of rotatable bonds is 1. The summed E-state index contributed by atoms with van der Waals surface area (Å²) in [6, 6.07) is 6.13. The molecule has 2 rings (SSSR count). The minimum Gasteiger partial charge on any atom is -0.281 e. The second-order valence-corrected chi connectivity index (χ2v) is 4.37. The van der Waals surface area contributed by atoms with Crippen molar-refractivity contribution in [1.29, 1.82) is 0 Å². The van der Waals surface area contributed by atoms with Crippen molar-refractivity contribution in [3.05, 3.63) is 28.4 Å². The van der Waals surface area contributed by atoms with Crippen LogP contribution in [-0.2, 0) is 0 Å². The average molecular weight is 239 g/mol. The van der Waals surface area contributed by atoms with Gasteiger partial charge in [-0.3, -0.25) is 5.10 Å². The van der Waals surface area contributed by atoms with Crippen LogP contribution in [0.3, 0.4) is 0 Å². The molecule has 0 saturated heterocycles. The van der Waals surface area contributed by atoms with Gasteiger partial charge in [0.2, 0.25) is 0 Å². The summed E-state index contributed by atoms with van der Waals surface area (Å²) in [5.41, 5.74) is 2.24. The maximum Gasteiger partial charge on any atom is 0.0924 e. The van der Waals surface area contributed by atoms with Crippen LogP contribution < -0.4 is 0 Å². The molecule has 0 saturated carbocycles. The molecule has 0 fully saturated rings. The fraction of sp³-hybridized carbons (Fsp3) is 0.300. The maximum atomic E-state index is 4.24. The van der Waals surface area contributed by atoms with E-state index in [-0.39, 0.29) is 0 Å². The molecule has 2 aromatic rings. The van der Waals surface area contributed by atoms with Crippen molar-refractivity contribution in [3.8, 4) is 0 Å². The van der Waals surface area contributed by atoms with Gasteiger partial charge in [-0.1, -0.05) is 29.8 Å². The Balaban J connectivity index is 2.71. The third-order valence-electron chi connectivity index (χ3n) is 2.12. The SMILES string of the molecule is CC(C)c1[nH]nc2ccc(Br)cc12. The first-order chi connectivity index (χ1) is 6.18. The lowest BCUT2D eigenvalue weighted by atomic mass is 10.1. The molecule has 0 radical (unpaired) electrons. The fourth-order valence-corrected chi connectivity index (χ4v) is 1.80. The van der Waals surface area contributed by atoms with Gasteiger partial charge in [0.1, 0.15) is 0 Å². The smallest absolute Gasteiger partial charge is 0.0924 e. The Bertz CT molecular complexity index is 431. The topological polar surface area (TPSA) is 28.7 Å². The molecule has 0 spiro atoms. The Morgan fingerprint density at radius 1 is 1.38 bits per heavy atom. The monoisotopic (exact) mass is 238 g/mol. The van der Waals surface area contributed by atoms with Crippen LogP contribution in [0.1, 0.15) is 25.5 Å². The molecular formula is C10H11BrN2. The zero-order valence-corrected chi connectivity index (χ0v) is 9.22. The summed E-state index contributed by atoms with van der Waals surface area (Å²) in [6.07, 6.45) is 0. The van der Waals surface area contributed by atoms with E-state index in [1.54, 1.807) is 0 Å². The number of hydrogen-bond donors (Lipinski definition) is 1. The minimum atomic E-state index is 0.485. The minimum absolute atomic E-state index is 0.485. The largest absolute Gasteiger partial charge is 0.281 e. The highest BCUT2D eigenvalue weighted by Crippen LogP contribution is 2.25. The van der Waals surface area contributed by atoms with E-state index in [0.717, 1.165) is 9.99 Å². The summed E-state index contributed by atoms with van der Waals surface area (Å²) >= 11 is 3.46. The van der Waals surface area contributed by atoms with Gasteiger partial charge in [0.25, 0.3) is 0 Å². The van der Waals surface area contributed by atoms with Gasteiger partial charge >= 0.3 is 0 Å². The molecule has 0 bridgehead atoms. The highest BCUT2D eigenvalue weighted by atomic mass is 79.9. The van der Waals surface area contributed by atoms with E-state index in [4.69, 9.17) is 0 Å². The Kier molecular flexibility index (Phi) is 2.12. The standard InChI is InChI=1S/C10H11BrN2/c1-6(2)10-8-5-7(11)3-4-9(8)12-13-10/h3-6H,1-2H3,(H,12,13). The summed E-state index contributed by atoms with van der Waals surface area (Å²) in [5.74, 6) is 0.485. The first-order valence-corrected chi connectivity index (χ1v) is 5.11. The highest BCUT2D eigenvalue weighted by molar-refractivity contribution is 9.10. The molecule has 0 aliphatic heterocycles. The zero-order valence-electron chi connectivity index (χ0n) is 7.63. The molecule has 13 heavy (non-hydrogen) atoms. The van der Waals surface area contributed by atoms with Crippen LogP contribution in [0.2, 0.25) is 0 Å². The number of H-pyrrole nitrogens is 1. The molecule has 2 nitrogen and oxygen atoms in total. The van der Waals surface area contributed by atoms with Crippen molar-refractivity contribution >= 4 is 26.8 Å². The molecule has 0 aliphatic carbocycles. The average Bonchev–Trinajstić information content (AvgIpc) is 2.46. The predicted molar refractivity (Wildman–Crippen MR) is 57.9 cm³/mol. The number of nitrogens with one attached hydrogen (secondary N) is 1. The Labute approximate surface area is 85.5 Å². The van der Waals surface area contributed by atoms with Gasteiger partial charge in [0.05, 0.1) is 5.52 Å². The Hall–Kier alpha value is -0.830. The van der Waals surface area contributed by atoms with Gasteiger partial charge in [-0.15, -0.1) is 0 Å². The maximum absolute atomic E-state index is 4.24. The second kappa shape index (κ2) is 3.14. The molecule has 3 heteroatoms. The van der Waals surface area contributed by atoms with Crippen molar-refractivity contribution < 1.29 is 0 Å². The van der Waals surface area contributed by atoms with Gasteiger partial charge < -0.3 is 0 Å². The van der Waals surface area contributed by atoms with Crippen LogP contribution >= 0.6 is 15.9 Å². The van der Waals surface area contributed by atoms with E-state index < -0.39 is 0 Å². The van der Waals surface area contributed by atoms with Crippen LogP contribution in [0, 0.1) is 0 Å². The van der Waals surface area contributed by atoms with E-state index >= 15 is 0 Å². The number of nitrogens with zero attached hydrogens (tertiary/aromatic N) is 1. The summed E-state index contributed by atoms with van der Waals surface area (Å²) in [7, 11) is 0. The summed E-state index contributed by atoms with van der Waals surface area (Å²) < 4.78 is 1.10. The second-order valence-electron chi connectivity index (χ2n) is 3.45. The molecule has 0 aliphatic rings. The lowest BCUT2D eigenvalue weighted by molar-refractivity contribution is 0.818. The van der Waals surface area contributed by atoms with Gasteiger partial charge in [-0.2, -0.15) is 5.10 Å². The molecular weight excluding hydrogens is 228 g/mol. The lowest BCUT2D eigenvalue weighted by Gasteiger charge is -2.00. The number of aromatic amines is 1. The highest BCUT2D eigenvalue weighted by Gasteiger charge is 2.08. The fourth-order valence-electron chi connectivity index (χ4n) is 1.44. The molecule has 1 aromatic heterocycles.